The van der Waals surface area contributed by atoms with Gasteiger partial charge in [0, 0.05) is 27.0 Å². The fourth-order valence-electron chi connectivity index (χ4n) is 2.94. The van der Waals surface area contributed by atoms with Gasteiger partial charge in [-0.25, -0.2) is 4.68 Å². The van der Waals surface area contributed by atoms with Gasteiger partial charge < -0.3 is 4.98 Å². The van der Waals surface area contributed by atoms with Crippen LogP contribution in [0.3, 0.4) is 0 Å². The van der Waals surface area contributed by atoms with Crippen LogP contribution in [0.4, 0.5) is 0 Å². The van der Waals surface area contributed by atoms with Crippen molar-refractivity contribution in [2.75, 3.05) is 0 Å². The third kappa shape index (κ3) is 3.17. The number of hydrogen-bond donors (Lipinski definition) is 1. The lowest BCUT2D eigenvalue weighted by atomic mass is 10.1. The number of thioether (sulfide) groups is 1. The number of aromatic amines is 1. The van der Waals surface area contributed by atoms with E-state index in [4.69, 9.17) is 0 Å². The quantitative estimate of drug-likeness (QED) is 0.403. The van der Waals surface area contributed by atoms with Crippen molar-refractivity contribution in [3.05, 3.63) is 57.9 Å². The zero-order valence-corrected chi connectivity index (χ0v) is 16.0. The molecule has 3 aromatic heterocycles. The predicted octanol–water partition coefficient (Wildman–Crippen LogP) is 3.94. The number of thiophene rings is 1. The number of tetrazole rings is 1. The number of aromatic nitrogens is 5. The molecular formula is C18H17N5OS2. The van der Waals surface area contributed by atoms with Gasteiger partial charge in [0.1, 0.15) is 0 Å². The van der Waals surface area contributed by atoms with E-state index in [1.165, 1.54) is 16.6 Å². The Balaban J connectivity index is 1.57. The fourth-order valence-corrected chi connectivity index (χ4v) is 4.47. The maximum absolute atomic E-state index is 13.1. The molecule has 3 heterocycles. The van der Waals surface area contributed by atoms with Gasteiger partial charge in [0.05, 0.1) is 11.8 Å². The van der Waals surface area contributed by atoms with Crippen molar-refractivity contribution in [3.8, 4) is 0 Å². The lowest BCUT2D eigenvalue weighted by Gasteiger charge is -2.10. The number of nitrogens with zero attached hydrogens (tertiary/aromatic N) is 4. The van der Waals surface area contributed by atoms with Gasteiger partial charge in [-0.2, -0.15) is 0 Å². The van der Waals surface area contributed by atoms with E-state index in [9.17, 15) is 4.79 Å². The van der Waals surface area contributed by atoms with Crippen LogP contribution in [0.2, 0.25) is 0 Å². The van der Waals surface area contributed by atoms with Crippen molar-refractivity contribution >= 4 is 39.8 Å². The number of H-pyrrole nitrogens is 1. The molecule has 0 aliphatic rings. The van der Waals surface area contributed by atoms with E-state index < -0.39 is 0 Å². The Hall–Kier alpha value is -2.45. The summed E-state index contributed by atoms with van der Waals surface area (Å²) in [5.74, 6) is 0.0793. The second-order valence-electron chi connectivity index (χ2n) is 5.99. The topological polar surface area (TPSA) is 76.5 Å². The molecule has 0 bridgehead atoms. The van der Waals surface area contributed by atoms with Crippen LogP contribution in [-0.4, -0.2) is 36.2 Å². The van der Waals surface area contributed by atoms with Gasteiger partial charge in [-0.15, -0.1) is 16.4 Å². The first-order valence-corrected chi connectivity index (χ1v) is 9.96. The zero-order valence-electron chi connectivity index (χ0n) is 14.3. The number of rotatable bonds is 6. The lowest BCUT2D eigenvalue weighted by Crippen LogP contribution is -2.16. The van der Waals surface area contributed by atoms with E-state index >= 15 is 0 Å². The molecule has 4 rings (SSSR count). The number of Topliss-reactive ketones (excluding diaryl/α,β-unsaturated/α-hetero) is 1. The van der Waals surface area contributed by atoms with Gasteiger partial charge in [0.15, 0.2) is 5.78 Å². The zero-order chi connectivity index (χ0) is 18.1. The van der Waals surface area contributed by atoms with Crippen LogP contribution >= 0.6 is 23.1 Å². The summed E-state index contributed by atoms with van der Waals surface area (Å²) in [4.78, 5) is 17.5. The summed E-state index contributed by atoms with van der Waals surface area (Å²) in [5.41, 5.74) is 2.62. The molecule has 0 saturated carbocycles. The van der Waals surface area contributed by atoms with Crippen LogP contribution in [0.25, 0.3) is 10.9 Å². The Bertz CT molecular complexity index is 1050. The SMILES string of the molecule is Cc1[nH]c2ccccc2c1C(=O)C(C)Sc1nnnn1Cc1cccs1. The molecule has 4 aromatic rings. The van der Waals surface area contributed by atoms with Gasteiger partial charge >= 0.3 is 0 Å². The number of fused-ring (bicyclic) bond motifs is 1. The summed E-state index contributed by atoms with van der Waals surface area (Å²) >= 11 is 3.05. The summed E-state index contributed by atoms with van der Waals surface area (Å²) in [6.45, 7) is 4.45. The van der Waals surface area contributed by atoms with Crippen molar-refractivity contribution in [2.45, 2.75) is 30.8 Å². The first-order valence-electron chi connectivity index (χ1n) is 8.20. The van der Waals surface area contributed by atoms with Gasteiger partial charge in [-0.05, 0) is 41.8 Å². The summed E-state index contributed by atoms with van der Waals surface area (Å²) < 4.78 is 1.74. The van der Waals surface area contributed by atoms with Crippen molar-refractivity contribution in [2.24, 2.45) is 0 Å². The summed E-state index contributed by atoms with van der Waals surface area (Å²) in [6.07, 6.45) is 0. The average molecular weight is 384 g/mol. The molecule has 1 aromatic carbocycles. The summed E-state index contributed by atoms with van der Waals surface area (Å²) in [5, 5.41) is 15.3. The first kappa shape index (κ1) is 17.0. The number of benzene rings is 1. The number of ketones is 1. The van der Waals surface area contributed by atoms with Crippen LogP contribution < -0.4 is 0 Å². The molecule has 6 nitrogen and oxygen atoms in total. The molecule has 0 radical (unpaired) electrons. The molecule has 1 atom stereocenters. The number of para-hydroxylation sites is 1. The minimum absolute atomic E-state index is 0.0793. The third-order valence-corrected chi connectivity index (χ3v) is 6.11. The highest BCUT2D eigenvalue weighted by molar-refractivity contribution is 8.00. The molecule has 0 aliphatic heterocycles. The lowest BCUT2D eigenvalue weighted by molar-refractivity contribution is 0.0995. The Labute approximate surface area is 158 Å². The van der Waals surface area contributed by atoms with E-state index in [0.717, 1.165) is 22.2 Å². The second-order valence-corrected chi connectivity index (χ2v) is 8.33. The monoisotopic (exact) mass is 383 g/mol. The highest BCUT2D eigenvalue weighted by Crippen LogP contribution is 2.29. The minimum Gasteiger partial charge on any atom is -0.358 e. The number of carbonyl (C=O) groups is 1. The Morgan fingerprint density at radius 3 is 2.96 bits per heavy atom. The van der Waals surface area contributed by atoms with Crippen molar-refractivity contribution in [3.63, 3.8) is 0 Å². The van der Waals surface area contributed by atoms with Crippen LogP contribution in [0.1, 0.15) is 27.9 Å². The highest BCUT2D eigenvalue weighted by Gasteiger charge is 2.24. The highest BCUT2D eigenvalue weighted by atomic mass is 32.2. The van der Waals surface area contributed by atoms with Crippen LogP contribution in [0.5, 0.6) is 0 Å². The molecule has 8 heteroatoms. The number of aryl methyl sites for hydroxylation is 1. The Morgan fingerprint density at radius 2 is 2.15 bits per heavy atom. The average Bonchev–Trinajstić information content (AvgIpc) is 3.35. The molecule has 0 fully saturated rings. The smallest absolute Gasteiger partial charge is 0.210 e. The van der Waals surface area contributed by atoms with E-state index in [2.05, 4.69) is 20.5 Å². The maximum atomic E-state index is 13.1. The summed E-state index contributed by atoms with van der Waals surface area (Å²) in [6, 6.07) is 11.9. The number of carbonyl (C=O) groups excluding carboxylic acids is 1. The Kier molecular flexibility index (Phi) is 4.60. The van der Waals surface area contributed by atoms with Gasteiger partial charge in [-0.1, -0.05) is 36.0 Å². The molecule has 0 spiro atoms. The molecule has 26 heavy (non-hydrogen) atoms. The van der Waals surface area contributed by atoms with Gasteiger partial charge in [0.25, 0.3) is 0 Å². The fraction of sp³-hybridized carbons (Fsp3) is 0.222. The molecule has 132 valence electrons. The molecule has 0 aliphatic carbocycles. The van der Waals surface area contributed by atoms with Gasteiger partial charge in [0.2, 0.25) is 5.16 Å². The molecule has 1 unspecified atom stereocenters. The predicted molar refractivity (Wildman–Crippen MR) is 104 cm³/mol. The standard InChI is InChI=1S/C18H17N5OS2/c1-11-16(14-7-3-4-8-15(14)19-11)17(24)12(2)26-18-20-21-22-23(18)10-13-6-5-9-25-13/h3-9,12,19H,10H2,1-2H3. The number of hydrogen-bond acceptors (Lipinski definition) is 6. The number of nitrogens with one attached hydrogen (secondary N) is 1. The first-order chi connectivity index (χ1) is 12.6. The summed E-state index contributed by atoms with van der Waals surface area (Å²) in [7, 11) is 0. The van der Waals surface area contributed by atoms with Gasteiger partial charge in [-0.3, -0.25) is 4.79 Å². The molecule has 1 N–H and O–H groups in total. The van der Waals surface area contributed by atoms with E-state index in [1.807, 2.05) is 55.6 Å². The normalized spacial score (nSPS) is 12.5. The maximum Gasteiger partial charge on any atom is 0.210 e. The third-order valence-electron chi connectivity index (χ3n) is 4.18. The minimum atomic E-state index is -0.291. The molecular weight excluding hydrogens is 366 g/mol. The van der Waals surface area contributed by atoms with Crippen LogP contribution in [0.15, 0.2) is 46.9 Å². The Morgan fingerprint density at radius 1 is 1.31 bits per heavy atom. The second kappa shape index (κ2) is 7.05. The van der Waals surface area contributed by atoms with Crippen molar-refractivity contribution < 1.29 is 4.79 Å². The van der Waals surface area contributed by atoms with Crippen LogP contribution in [-0.2, 0) is 6.54 Å². The van der Waals surface area contributed by atoms with Crippen LogP contribution in [0, 0.1) is 6.92 Å². The van der Waals surface area contributed by atoms with E-state index in [-0.39, 0.29) is 11.0 Å². The van der Waals surface area contributed by atoms with E-state index in [1.54, 1.807) is 16.0 Å². The largest absolute Gasteiger partial charge is 0.358 e. The molecule has 0 saturated heterocycles. The van der Waals surface area contributed by atoms with Crippen molar-refractivity contribution in [1.29, 1.82) is 0 Å². The molecule has 0 amide bonds. The van der Waals surface area contributed by atoms with E-state index in [0.29, 0.717) is 11.7 Å². The van der Waals surface area contributed by atoms with Crippen molar-refractivity contribution in [1.82, 2.24) is 25.2 Å².